The molecule has 0 aromatic heterocycles. The van der Waals surface area contributed by atoms with Crippen molar-refractivity contribution in [3.05, 3.63) is 12.7 Å². The van der Waals surface area contributed by atoms with Crippen LogP contribution in [0.1, 0.15) is 39.0 Å². The van der Waals surface area contributed by atoms with Gasteiger partial charge in [0, 0.05) is 29.6 Å². The quantitative estimate of drug-likeness (QED) is 0.309. The Balaban J connectivity index is 0. The molecule has 9 heavy (non-hydrogen) atoms. The predicted octanol–water partition coefficient (Wildman–Crippen LogP) is 2.76. The molecule has 0 bridgehead atoms. The summed E-state index contributed by atoms with van der Waals surface area (Å²) in [5.41, 5.74) is 0. The molecule has 0 aromatic carbocycles. The molecule has 0 fully saturated rings. The first-order valence-electron chi connectivity index (χ1n) is 3.52. The van der Waals surface area contributed by atoms with Crippen LogP contribution in [0.2, 0.25) is 0 Å². The average Bonchev–Trinajstić information content (AvgIpc) is 1.81. The molecule has 0 spiro atoms. The summed E-state index contributed by atoms with van der Waals surface area (Å²) < 4.78 is 0. The van der Waals surface area contributed by atoms with Gasteiger partial charge in [-0.1, -0.05) is 32.3 Å². The number of allylic oxidation sites excluding steroid dienone is 1. The molecule has 0 rings (SSSR count). The Morgan fingerprint density at radius 2 is 1.89 bits per heavy atom. The minimum Gasteiger partial charge on any atom is -0.103 e. The first kappa shape index (κ1) is 12.4. The van der Waals surface area contributed by atoms with Crippen molar-refractivity contribution in [3.63, 3.8) is 0 Å². The first-order chi connectivity index (χ1) is 3.91. The van der Waals surface area contributed by atoms with E-state index in [0.29, 0.717) is 0 Å². The van der Waals surface area contributed by atoms with E-state index in [1.54, 1.807) is 0 Å². The molecule has 49 valence electrons. The molecule has 0 amide bonds. The molecule has 0 aliphatic carbocycles. The van der Waals surface area contributed by atoms with Crippen LogP contribution >= 0.6 is 0 Å². The van der Waals surface area contributed by atoms with Crippen molar-refractivity contribution >= 4 is 29.6 Å². The van der Waals surface area contributed by atoms with Crippen LogP contribution in [-0.4, -0.2) is 29.6 Å². The molecule has 0 aliphatic heterocycles. The number of rotatable bonds is 5. The third kappa shape index (κ3) is 12.1. The average molecular weight is 135 g/mol. The van der Waals surface area contributed by atoms with Gasteiger partial charge in [-0.25, -0.2) is 0 Å². The topological polar surface area (TPSA) is 0 Å². The Hall–Kier alpha value is 0.740. The number of hydrogen-bond acceptors (Lipinski definition) is 0. The van der Waals surface area contributed by atoms with E-state index in [-0.39, 0.29) is 29.6 Å². The van der Waals surface area contributed by atoms with Crippen LogP contribution in [0.3, 0.4) is 0 Å². The molecule has 0 N–H and O–H groups in total. The van der Waals surface area contributed by atoms with Gasteiger partial charge in [-0.2, -0.15) is 0 Å². The Kier molecular flexibility index (Phi) is 15.9. The van der Waals surface area contributed by atoms with Crippen molar-refractivity contribution in [1.82, 2.24) is 0 Å². The normalized spacial score (nSPS) is 8.11. The second-order valence-corrected chi connectivity index (χ2v) is 2.14. The monoisotopic (exact) mass is 135 g/mol. The van der Waals surface area contributed by atoms with Gasteiger partial charge in [0.1, 0.15) is 0 Å². The van der Waals surface area contributed by atoms with Gasteiger partial charge in [0.25, 0.3) is 0 Å². The molecule has 0 heterocycles. The minimum absolute atomic E-state index is 0. The van der Waals surface area contributed by atoms with Crippen LogP contribution < -0.4 is 0 Å². The van der Waals surface area contributed by atoms with Gasteiger partial charge in [0.2, 0.25) is 0 Å². The molecular weight excluding hydrogens is 119 g/mol. The van der Waals surface area contributed by atoms with E-state index >= 15 is 0 Å². The molecule has 1 radical (unpaired) electrons. The SMILES string of the molecule is C=CCCCCCC.[Na]. The van der Waals surface area contributed by atoms with Gasteiger partial charge in [-0.15, -0.1) is 6.58 Å². The first-order valence-corrected chi connectivity index (χ1v) is 3.52. The van der Waals surface area contributed by atoms with Crippen LogP contribution in [0.25, 0.3) is 0 Å². The molecule has 0 aromatic rings. The summed E-state index contributed by atoms with van der Waals surface area (Å²) in [5, 5.41) is 0. The maximum absolute atomic E-state index is 3.66. The van der Waals surface area contributed by atoms with Crippen LogP contribution in [0.5, 0.6) is 0 Å². The molecule has 1 heteroatoms. The standard InChI is InChI=1S/C8H16.Na/c1-3-5-7-8-6-4-2;/h3H,1,4-8H2,2H3;. The summed E-state index contributed by atoms with van der Waals surface area (Å²) >= 11 is 0. The van der Waals surface area contributed by atoms with E-state index in [1.807, 2.05) is 6.08 Å². The third-order valence-electron chi connectivity index (χ3n) is 1.26. The Labute approximate surface area is 81.0 Å². The van der Waals surface area contributed by atoms with Crippen molar-refractivity contribution in [2.75, 3.05) is 0 Å². The Morgan fingerprint density at radius 3 is 2.33 bits per heavy atom. The van der Waals surface area contributed by atoms with Crippen LogP contribution in [0, 0.1) is 0 Å². The molecular formula is C8H16Na. The zero-order valence-corrected chi connectivity index (χ0v) is 8.82. The van der Waals surface area contributed by atoms with E-state index < -0.39 is 0 Å². The second-order valence-electron chi connectivity index (χ2n) is 2.14. The van der Waals surface area contributed by atoms with Crippen molar-refractivity contribution in [2.24, 2.45) is 0 Å². The fourth-order valence-electron chi connectivity index (χ4n) is 0.715. The molecule has 0 nitrogen and oxygen atoms in total. The summed E-state index contributed by atoms with van der Waals surface area (Å²) in [7, 11) is 0. The summed E-state index contributed by atoms with van der Waals surface area (Å²) in [6.07, 6.45) is 8.61. The van der Waals surface area contributed by atoms with Crippen LogP contribution in [-0.2, 0) is 0 Å². The molecule has 0 saturated carbocycles. The van der Waals surface area contributed by atoms with Gasteiger partial charge in [-0.05, 0) is 12.8 Å². The van der Waals surface area contributed by atoms with E-state index in [9.17, 15) is 0 Å². The number of unbranched alkanes of at least 4 members (excludes halogenated alkanes) is 4. The van der Waals surface area contributed by atoms with Crippen molar-refractivity contribution in [1.29, 1.82) is 0 Å². The minimum atomic E-state index is 0. The van der Waals surface area contributed by atoms with Crippen molar-refractivity contribution in [2.45, 2.75) is 39.0 Å². The Morgan fingerprint density at radius 1 is 1.22 bits per heavy atom. The van der Waals surface area contributed by atoms with Crippen molar-refractivity contribution < 1.29 is 0 Å². The largest absolute Gasteiger partial charge is 0.103 e. The van der Waals surface area contributed by atoms with Gasteiger partial charge in [0.15, 0.2) is 0 Å². The molecule has 0 aliphatic rings. The van der Waals surface area contributed by atoms with Gasteiger partial charge in [0.05, 0.1) is 0 Å². The smallest absolute Gasteiger partial charge is 0 e. The second kappa shape index (κ2) is 11.5. The van der Waals surface area contributed by atoms with E-state index in [0.717, 1.165) is 0 Å². The fourth-order valence-corrected chi connectivity index (χ4v) is 0.715. The van der Waals surface area contributed by atoms with E-state index in [2.05, 4.69) is 13.5 Å². The summed E-state index contributed by atoms with van der Waals surface area (Å²) in [6, 6.07) is 0. The van der Waals surface area contributed by atoms with Crippen molar-refractivity contribution in [3.8, 4) is 0 Å². The third-order valence-corrected chi connectivity index (χ3v) is 1.26. The summed E-state index contributed by atoms with van der Waals surface area (Å²) in [4.78, 5) is 0. The predicted molar refractivity (Wildman–Crippen MR) is 44.7 cm³/mol. The van der Waals surface area contributed by atoms with Gasteiger partial charge in [-0.3, -0.25) is 0 Å². The van der Waals surface area contributed by atoms with Gasteiger partial charge >= 0.3 is 0 Å². The maximum atomic E-state index is 3.66. The zero-order chi connectivity index (χ0) is 6.24. The van der Waals surface area contributed by atoms with E-state index in [1.165, 1.54) is 32.1 Å². The Bertz CT molecular complexity index is 50.5. The zero-order valence-electron chi connectivity index (χ0n) is 6.82. The van der Waals surface area contributed by atoms with Crippen LogP contribution in [0.4, 0.5) is 0 Å². The molecule has 0 saturated heterocycles. The maximum Gasteiger partial charge on any atom is 0 e. The molecule has 0 unspecified atom stereocenters. The van der Waals surface area contributed by atoms with E-state index in [4.69, 9.17) is 0 Å². The molecule has 0 atom stereocenters. The summed E-state index contributed by atoms with van der Waals surface area (Å²) in [5.74, 6) is 0. The summed E-state index contributed by atoms with van der Waals surface area (Å²) in [6.45, 7) is 5.89. The number of hydrogen-bond donors (Lipinski definition) is 0. The van der Waals surface area contributed by atoms with Crippen LogP contribution in [0.15, 0.2) is 12.7 Å². The fraction of sp³-hybridized carbons (Fsp3) is 0.750. The van der Waals surface area contributed by atoms with Gasteiger partial charge < -0.3 is 0 Å².